The highest BCUT2D eigenvalue weighted by Crippen LogP contribution is 2.22. The minimum atomic E-state index is -1.20. The fourth-order valence-electron chi connectivity index (χ4n) is 5.31. The van der Waals surface area contributed by atoms with Gasteiger partial charge < -0.3 is 25.2 Å². The van der Waals surface area contributed by atoms with E-state index in [1.54, 1.807) is 60.7 Å². The molecule has 4 rings (SSSR count). The number of esters is 1. The van der Waals surface area contributed by atoms with Crippen molar-refractivity contribution in [1.82, 2.24) is 5.32 Å². The van der Waals surface area contributed by atoms with Crippen molar-refractivity contribution >= 4 is 29.4 Å². The third kappa shape index (κ3) is 11.3. The fraction of sp³-hybridized carbons (Fsp3) is 0.300. The monoisotopic (exact) mass is 664 g/mol. The quantitative estimate of drug-likeness (QED) is 0.0562. The van der Waals surface area contributed by atoms with Gasteiger partial charge in [-0.2, -0.15) is 0 Å². The van der Waals surface area contributed by atoms with Gasteiger partial charge in [-0.05, 0) is 84.6 Å². The molecule has 0 aliphatic carbocycles. The Bertz CT molecular complexity index is 1650. The first-order valence-electron chi connectivity index (χ1n) is 16.8. The van der Waals surface area contributed by atoms with Crippen LogP contribution in [0.3, 0.4) is 0 Å². The number of rotatable bonds is 18. The molecule has 3 N–H and O–H groups in total. The Kier molecular flexibility index (Phi) is 14.0. The molecule has 0 radical (unpaired) electrons. The first kappa shape index (κ1) is 36.4. The number of unbranched alkanes of at least 4 members (excludes halogenated alkanes) is 4. The number of ether oxygens (including phenoxy) is 2. The summed E-state index contributed by atoms with van der Waals surface area (Å²) in [5.41, 5.74) is 2.71. The van der Waals surface area contributed by atoms with Crippen molar-refractivity contribution in [2.75, 3.05) is 11.9 Å². The zero-order valence-corrected chi connectivity index (χ0v) is 28.0. The lowest BCUT2D eigenvalue weighted by Crippen LogP contribution is -2.42. The molecule has 0 saturated heterocycles. The molecule has 4 aromatic rings. The number of carbonyl (C=O) groups excluding carboxylic acids is 3. The average Bonchev–Trinajstić information content (AvgIpc) is 3.11. The van der Waals surface area contributed by atoms with Crippen molar-refractivity contribution in [3.8, 4) is 11.5 Å². The smallest absolute Gasteiger partial charge is 0.343 e. The van der Waals surface area contributed by atoms with Crippen LogP contribution in [-0.2, 0) is 16.0 Å². The number of anilines is 1. The van der Waals surface area contributed by atoms with E-state index in [0.717, 1.165) is 18.4 Å². The number of aliphatic carboxylic acids is 1. The van der Waals surface area contributed by atoms with Crippen LogP contribution in [0, 0.1) is 0 Å². The number of carbonyl (C=O) groups is 4. The second-order valence-corrected chi connectivity index (χ2v) is 11.8. The van der Waals surface area contributed by atoms with E-state index in [4.69, 9.17) is 9.47 Å². The highest BCUT2D eigenvalue weighted by Gasteiger charge is 2.22. The number of hydrogen-bond acceptors (Lipinski definition) is 6. The molecule has 4 aromatic carbocycles. The van der Waals surface area contributed by atoms with E-state index in [9.17, 15) is 24.3 Å². The Hall–Kier alpha value is -5.44. The molecule has 0 spiro atoms. The van der Waals surface area contributed by atoms with Crippen molar-refractivity contribution in [2.24, 2.45) is 0 Å². The van der Waals surface area contributed by atoms with Gasteiger partial charge in [-0.3, -0.25) is 9.59 Å². The van der Waals surface area contributed by atoms with Crippen LogP contribution >= 0.6 is 0 Å². The molecular weight excluding hydrogens is 620 g/mol. The molecule has 2 atom stereocenters. The van der Waals surface area contributed by atoms with Gasteiger partial charge in [-0.1, -0.05) is 82.0 Å². The summed E-state index contributed by atoms with van der Waals surface area (Å²) in [4.78, 5) is 50.5. The van der Waals surface area contributed by atoms with Gasteiger partial charge >= 0.3 is 11.9 Å². The van der Waals surface area contributed by atoms with E-state index in [1.165, 1.54) is 31.4 Å². The van der Waals surface area contributed by atoms with E-state index in [2.05, 4.69) is 17.6 Å². The number of carboxylic acid groups (broad SMARTS) is 1. The Labute approximate surface area is 287 Å². The lowest BCUT2D eigenvalue weighted by atomic mass is 9.95. The molecule has 0 bridgehead atoms. The van der Waals surface area contributed by atoms with E-state index >= 15 is 0 Å². The minimum Gasteiger partial charge on any atom is -0.494 e. The summed E-state index contributed by atoms with van der Waals surface area (Å²) in [6, 6.07) is 27.9. The van der Waals surface area contributed by atoms with Crippen LogP contribution in [-0.4, -0.2) is 41.5 Å². The minimum absolute atomic E-state index is 0.0153. The molecule has 49 heavy (non-hydrogen) atoms. The topological polar surface area (TPSA) is 131 Å². The zero-order chi connectivity index (χ0) is 35.0. The van der Waals surface area contributed by atoms with Gasteiger partial charge in [0.15, 0.2) is 0 Å². The Morgan fingerprint density at radius 3 is 1.98 bits per heavy atom. The maximum atomic E-state index is 12.9. The van der Waals surface area contributed by atoms with Crippen LogP contribution in [0.5, 0.6) is 11.5 Å². The normalized spacial score (nSPS) is 12.0. The predicted molar refractivity (Wildman–Crippen MR) is 189 cm³/mol. The van der Waals surface area contributed by atoms with Gasteiger partial charge in [0.25, 0.3) is 5.91 Å². The summed E-state index contributed by atoms with van der Waals surface area (Å²) in [7, 11) is 0. The lowest BCUT2D eigenvalue weighted by molar-refractivity contribution is -0.139. The number of hydrogen-bond donors (Lipinski definition) is 3. The first-order chi connectivity index (χ1) is 23.8. The van der Waals surface area contributed by atoms with Crippen LogP contribution in [0.1, 0.15) is 90.1 Å². The van der Waals surface area contributed by atoms with Gasteiger partial charge in [-0.15, -0.1) is 0 Å². The van der Waals surface area contributed by atoms with E-state index in [1.807, 2.05) is 37.3 Å². The van der Waals surface area contributed by atoms with Crippen molar-refractivity contribution in [1.29, 1.82) is 0 Å². The largest absolute Gasteiger partial charge is 0.494 e. The van der Waals surface area contributed by atoms with Crippen molar-refractivity contribution < 1.29 is 33.8 Å². The van der Waals surface area contributed by atoms with Gasteiger partial charge in [-0.25, -0.2) is 9.59 Å². The molecule has 2 amide bonds. The molecule has 9 nitrogen and oxygen atoms in total. The Morgan fingerprint density at radius 2 is 1.35 bits per heavy atom. The van der Waals surface area contributed by atoms with Crippen LogP contribution < -0.4 is 20.1 Å². The van der Waals surface area contributed by atoms with E-state index in [-0.39, 0.29) is 23.8 Å². The maximum absolute atomic E-state index is 12.9. The first-order valence-corrected chi connectivity index (χ1v) is 16.8. The van der Waals surface area contributed by atoms with Crippen LogP contribution in [0.2, 0.25) is 0 Å². The predicted octanol–water partition coefficient (Wildman–Crippen LogP) is 7.81. The van der Waals surface area contributed by atoms with E-state index < -0.39 is 23.9 Å². The highest BCUT2D eigenvalue weighted by atomic mass is 16.5. The molecule has 0 aliphatic heterocycles. The molecule has 9 heteroatoms. The number of benzene rings is 4. The van der Waals surface area contributed by atoms with Gasteiger partial charge in [0.05, 0.1) is 18.1 Å². The van der Waals surface area contributed by atoms with Gasteiger partial charge in [0, 0.05) is 17.7 Å². The summed E-state index contributed by atoms with van der Waals surface area (Å²) in [5, 5.41) is 15.3. The molecule has 1 unspecified atom stereocenters. The standard InChI is InChI=1S/C40H44N2O7/c1-3-5-6-7-11-26-48-33-24-18-31(19-25-33)40(47)49-34-22-14-28(15-23-34)27-36(39(45)46)42-37(43)30-16-20-32(21-17-30)41-38(44)35(4-2)29-12-9-8-10-13-29/h8-10,12-25,35-36H,3-7,11,26-27H2,1-2H3,(H,41,44)(H,42,43)(H,45,46)/t35?,36-/m0/s1. The Morgan fingerprint density at radius 1 is 0.714 bits per heavy atom. The molecule has 0 saturated carbocycles. The van der Waals surface area contributed by atoms with E-state index in [0.29, 0.717) is 41.3 Å². The van der Waals surface area contributed by atoms with Crippen LogP contribution in [0.15, 0.2) is 103 Å². The number of carboxylic acids is 1. The third-order valence-electron chi connectivity index (χ3n) is 8.13. The third-order valence-corrected chi connectivity index (χ3v) is 8.13. The van der Waals surface area contributed by atoms with Crippen molar-refractivity contribution in [3.05, 3.63) is 125 Å². The van der Waals surface area contributed by atoms with Crippen LogP contribution in [0.25, 0.3) is 0 Å². The molecule has 0 aromatic heterocycles. The van der Waals surface area contributed by atoms with Crippen LogP contribution in [0.4, 0.5) is 5.69 Å². The fourth-order valence-corrected chi connectivity index (χ4v) is 5.31. The summed E-state index contributed by atoms with van der Waals surface area (Å²) < 4.78 is 11.2. The SMILES string of the molecule is CCCCCCCOc1ccc(C(=O)Oc2ccc(C[C@H](NC(=O)c3ccc(NC(=O)C(CC)c4ccccc4)cc3)C(=O)O)cc2)cc1. The summed E-state index contributed by atoms with van der Waals surface area (Å²) >= 11 is 0. The summed E-state index contributed by atoms with van der Waals surface area (Å²) in [6.45, 7) is 4.76. The van der Waals surface area contributed by atoms with Crippen molar-refractivity contribution in [2.45, 2.75) is 70.8 Å². The molecule has 0 aliphatic rings. The average molecular weight is 665 g/mol. The molecular formula is C40H44N2O7. The molecule has 256 valence electrons. The zero-order valence-electron chi connectivity index (χ0n) is 28.0. The summed E-state index contributed by atoms with van der Waals surface area (Å²) in [6.07, 6.45) is 6.41. The maximum Gasteiger partial charge on any atom is 0.343 e. The highest BCUT2D eigenvalue weighted by molar-refractivity contribution is 5.99. The lowest BCUT2D eigenvalue weighted by Gasteiger charge is -2.16. The second-order valence-electron chi connectivity index (χ2n) is 11.8. The molecule has 0 fully saturated rings. The number of nitrogens with one attached hydrogen (secondary N) is 2. The molecule has 0 heterocycles. The second kappa shape index (κ2) is 18.8. The Balaban J connectivity index is 1.26. The van der Waals surface area contributed by atoms with Crippen molar-refractivity contribution in [3.63, 3.8) is 0 Å². The van der Waals surface area contributed by atoms with Gasteiger partial charge in [0.1, 0.15) is 17.5 Å². The number of amides is 2. The van der Waals surface area contributed by atoms with Gasteiger partial charge in [0.2, 0.25) is 5.91 Å². The summed E-state index contributed by atoms with van der Waals surface area (Å²) in [5.74, 6) is -1.74.